The van der Waals surface area contributed by atoms with E-state index in [1.165, 1.54) is 0 Å². The van der Waals surface area contributed by atoms with E-state index in [9.17, 15) is 0 Å². The predicted octanol–water partition coefficient (Wildman–Crippen LogP) is 2.41. The van der Waals surface area contributed by atoms with Gasteiger partial charge in [0, 0.05) is 0 Å². The Bertz CT molecular complexity index is 284. The van der Waals surface area contributed by atoms with E-state index >= 15 is 0 Å². The van der Waals surface area contributed by atoms with E-state index in [0.29, 0.717) is 11.7 Å². The number of aliphatic imine (C=N–C) groups is 1. The molecule has 0 radical (unpaired) electrons. The summed E-state index contributed by atoms with van der Waals surface area (Å²) in [5, 5.41) is 1.78. The quantitative estimate of drug-likeness (QED) is 0.739. The first-order valence-corrected chi connectivity index (χ1v) is 6.79. The molecule has 1 heterocycles. The van der Waals surface area contributed by atoms with Crippen LogP contribution in [0.25, 0.3) is 0 Å². The average Bonchev–Trinajstić information content (AvgIpc) is 2.67. The number of alkyl halides is 5. The van der Waals surface area contributed by atoms with E-state index < -0.39 is 0 Å². The van der Waals surface area contributed by atoms with Gasteiger partial charge in [-0.05, 0) is 0 Å². The van der Waals surface area contributed by atoms with Crippen LogP contribution in [-0.2, 0) is 0 Å². The van der Waals surface area contributed by atoms with Gasteiger partial charge in [-0.15, -0.1) is 58.0 Å². The molecular weight excluding hydrogens is 301 g/mol. The fourth-order valence-electron chi connectivity index (χ4n) is 1.92. The summed E-state index contributed by atoms with van der Waals surface area (Å²) in [4.78, 5) is 4.36. The van der Waals surface area contributed by atoms with Crippen molar-refractivity contribution < 1.29 is 0 Å². The number of halogens is 5. The standard InChI is InChI=1S/C8H9Cl5N2/c9-1-2-14-7-5(12)3(10)4(11)6(13)8(7)15-2/h3-8H,1H2,(H,14,15)/t3-,4+,5-,6+,7-,8-/m1/s1. The smallest absolute Gasteiger partial charge is 0.112 e. The van der Waals surface area contributed by atoms with Gasteiger partial charge in [0.1, 0.15) is 5.84 Å². The monoisotopic (exact) mass is 308 g/mol. The SMILES string of the molecule is ClCC1=N[C@@H]2[C@@H](Cl)[C@@H](Cl)[C@@H](Cl)[C@@H](Cl)[C@H]2N1. The molecule has 1 saturated carbocycles. The molecule has 0 aromatic rings. The molecule has 1 aliphatic carbocycles. The van der Waals surface area contributed by atoms with Crippen molar-refractivity contribution in [3.63, 3.8) is 0 Å². The van der Waals surface area contributed by atoms with Crippen LogP contribution in [0.3, 0.4) is 0 Å². The molecule has 86 valence electrons. The summed E-state index contributed by atoms with van der Waals surface area (Å²) in [6.07, 6.45) is 0. The Morgan fingerprint density at radius 1 is 1.00 bits per heavy atom. The third-order valence-electron chi connectivity index (χ3n) is 2.71. The number of fused-ring (bicyclic) bond motifs is 1. The van der Waals surface area contributed by atoms with E-state index in [1.807, 2.05) is 0 Å². The van der Waals surface area contributed by atoms with Crippen LogP contribution in [0.1, 0.15) is 0 Å². The first-order valence-electron chi connectivity index (χ1n) is 4.51. The zero-order valence-electron chi connectivity index (χ0n) is 7.51. The summed E-state index contributed by atoms with van der Waals surface area (Å²) in [5.74, 6) is 1.03. The summed E-state index contributed by atoms with van der Waals surface area (Å²) < 4.78 is 0. The molecule has 0 saturated heterocycles. The molecule has 0 aromatic heterocycles. The van der Waals surface area contributed by atoms with E-state index in [-0.39, 0.29) is 33.6 Å². The fourth-order valence-corrected chi connectivity index (χ4v) is 3.58. The summed E-state index contributed by atoms with van der Waals surface area (Å²) >= 11 is 30.3. The number of hydrogen-bond acceptors (Lipinski definition) is 2. The maximum Gasteiger partial charge on any atom is 0.112 e. The minimum atomic E-state index is -0.377. The largest absolute Gasteiger partial charge is 0.366 e. The van der Waals surface area contributed by atoms with Crippen molar-refractivity contribution in [1.82, 2.24) is 5.32 Å². The van der Waals surface area contributed by atoms with Gasteiger partial charge in [0.05, 0.1) is 39.5 Å². The third-order valence-corrected chi connectivity index (χ3v) is 5.51. The maximum atomic E-state index is 6.20. The number of nitrogens with zero attached hydrogens (tertiary/aromatic N) is 1. The van der Waals surface area contributed by atoms with Crippen molar-refractivity contribution in [2.45, 2.75) is 33.6 Å². The van der Waals surface area contributed by atoms with Crippen molar-refractivity contribution >= 4 is 63.8 Å². The third kappa shape index (κ3) is 2.04. The van der Waals surface area contributed by atoms with Crippen molar-refractivity contribution in [1.29, 1.82) is 0 Å². The Kier molecular flexibility index (Phi) is 3.84. The van der Waals surface area contributed by atoms with Crippen LogP contribution in [0.5, 0.6) is 0 Å². The summed E-state index contributed by atoms with van der Waals surface area (Å²) in [5.41, 5.74) is 0. The lowest BCUT2D eigenvalue weighted by atomic mass is 9.90. The van der Waals surface area contributed by atoms with Crippen LogP contribution in [0.15, 0.2) is 4.99 Å². The van der Waals surface area contributed by atoms with Crippen LogP contribution in [0, 0.1) is 0 Å². The number of rotatable bonds is 1. The molecule has 0 amide bonds. The lowest BCUT2D eigenvalue weighted by Gasteiger charge is -2.38. The van der Waals surface area contributed by atoms with Gasteiger partial charge in [-0.3, -0.25) is 4.99 Å². The molecule has 1 aliphatic heterocycles. The first kappa shape index (κ1) is 12.4. The van der Waals surface area contributed by atoms with Crippen LogP contribution < -0.4 is 5.32 Å². The van der Waals surface area contributed by atoms with Gasteiger partial charge < -0.3 is 5.32 Å². The zero-order valence-corrected chi connectivity index (χ0v) is 11.3. The van der Waals surface area contributed by atoms with Gasteiger partial charge in [-0.1, -0.05) is 0 Å². The minimum absolute atomic E-state index is 0.0691. The highest BCUT2D eigenvalue weighted by atomic mass is 35.5. The highest BCUT2D eigenvalue weighted by Crippen LogP contribution is 2.38. The number of hydrogen-bond donors (Lipinski definition) is 1. The molecule has 2 aliphatic rings. The number of nitrogens with one attached hydrogen (secondary N) is 1. The molecule has 1 fully saturated rings. The maximum absolute atomic E-state index is 6.20. The Labute approximate surface area is 113 Å². The highest BCUT2D eigenvalue weighted by molar-refractivity contribution is 6.39. The lowest BCUT2D eigenvalue weighted by molar-refractivity contribution is 0.405. The molecule has 0 spiro atoms. The molecular formula is C8H9Cl5N2. The minimum Gasteiger partial charge on any atom is -0.366 e. The van der Waals surface area contributed by atoms with Crippen LogP contribution >= 0.6 is 58.0 Å². The predicted molar refractivity (Wildman–Crippen MR) is 67.4 cm³/mol. The molecule has 0 unspecified atom stereocenters. The van der Waals surface area contributed by atoms with Gasteiger partial charge in [-0.2, -0.15) is 0 Å². The van der Waals surface area contributed by atoms with Crippen LogP contribution in [-0.4, -0.2) is 45.3 Å². The molecule has 2 nitrogen and oxygen atoms in total. The summed E-state index contributed by atoms with van der Waals surface area (Å²) in [6.45, 7) is 0. The van der Waals surface area contributed by atoms with Crippen LogP contribution in [0.2, 0.25) is 0 Å². The van der Waals surface area contributed by atoms with Gasteiger partial charge in [0.2, 0.25) is 0 Å². The molecule has 0 aromatic carbocycles. The van der Waals surface area contributed by atoms with Crippen LogP contribution in [0.4, 0.5) is 0 Å². The molecule has 6 atom stereocenters. The summed E-state index contributed by atoms with van der Waals surface area (Å²) in [6, 6.07) is -0.208. The second-order valence-electron chi connectivity index (χ2n) is 3.65. The van der Waals surface area contributed by atoms with Gasteiger partial charge in [0.25, 0.3) is 0 Å². The topological polar surface area (TPSA) is 24.4 Å². The van der Waals surface area contributed by atoms with Gasteiger partial charge in [-0.25, -0.2) is 0 Å². The molecule has 7 heteroatoms. The molecule has 15 heavy (non-hydrogen) atoms. The highest BCUT2D eigenvalue weighted by Gasteiger charge is 2.50. The van der Waals surface area contributed by atoms with E-state index in [0.717, 1.165) is 0 Å². The molecule has 2 rings (SSSR count). The van der Waals surface area contributed by atoms with Gasteiger partial charge >= 0.3 is 0 Å². The Balaban J connectivity index is 2.22. The fraction of sp³-hybridized carbons (Fsp3) is 0.875. The van der Waals surface area contributed by atoms with Crippen molar-refractivity contribution in [2.75, 3.05) is 5.88 Å². The van der Waals surface area contributed by atoms with E-state index in [4.69, 9.17) is 58.0 Å². The number of amidine groups is 1. The molecule has 0 bridgehead atoms. The van der Waals surface area contributed by atoms with Crippen molar-refractivity contribution in [3.05, 3.63) is 0 Å². The first-order chi connectivity index (χ1) is 7.06. The second-order valence-corrected chi connectivity index (χ2v) is 5.93. The molecule has 1 N–H and O–H groups in total. The Morgan fingerprint density at radius 2 is 1.60 bits per heavy atom. The summed E-state index contributed by atoms with van der Waals surface area (Å²) in [7, 11) is 0. The Morgan fingerprint density at radius 3 is 2.20 bits per heavy atom. The van der Waals surface area contributed by atoms with E-state index in [2.05, 4.69) is 10.3 Å². The normalized spacial score (nSPS) is 49.5. The zero-order chi connectivity index (χ0) is 11.2. The van der Waals surface area contributed by atoms with Crippen molar-refractivity contribution in [3.8, 4) is 0 Å². The lowest BCUT2D eigenvalue weighted by Crippen LogP contribution is -2.58. The Hall–Kier alpha value is 0.920. The van der Waals surface area contributed by atoms with Crippen molar-refractivity contribution in [2.24, 2.45) is 4.99 Å². The van der Waals surface area contributed by atoms with E-state index in [1.54, 1.807) is 0 Å². The average molecular weight is 310 g/mol. The van der Waals surface area contributed by atoms with Gasteiger partial charge in [0.15, 0.2) is 0 Å². The second kappa shape index (κ2) is 4.66.